The fourth-order valence-corrected chi connectivity index (χ4v) is 0. The maximum absolute atomic E-state index is 7.57. The minimum atomic E-state index is 0. The van der Waals surface area contributed by atoms with E-state index in [1.54, 1.807) is 6.92 Å². The molecule has 0 aromatic carbocycles. The van der Waals surface area contributed by atoms with Gasteiger partial charge in [-0.25, -0.2) is 0 Å². The summed E-state index contributed by atoms with van der Waals surface area (Å²) in [6.45, 7) is 1.93. The maximum Gasteiger partial charge on any atom is 0.0402 e. The Morgan fingerprint density at radius 2 is 1.75 bits per heavy atom. The van der Waals surface area contributed by atoms with Gasteiger partial charge < -0.3 is 5.11 Å². The first kappa shape index (κ1) is 8.86. The van der Waals surface area contributed by atoms with E-state index in [1.165, 1.54) is 0 Å². The molecule has 0 unspecified atom stereocenters. The van der Waals surface area contributed by atoms with Crippen molar-refractivity contribution in [3.63, 3.8) is 0 Å². The van der Waals surface area contributed by atoms with Crippen LogP contribution in [0.15, 0.2) is 0 Å². The molecular weight excluding hydrogens is 247 g/mol. The first-order valence-corrected chi connectivity index (χ1v) is 1.02. The predicted octanol–water partition coefficient (Wildman–Crippen LogP) is -0.382. The summed E-state index contributed by atoms with van der Waals surface area (Å²) in [5, 5.41) is 7.57. The minimum absolute atomic E-state index is 0. The third-order valence-corrected chi connectivity index (χ3v) is 0. The normalized spacial score (nSPS) is 4.50. The van der Waals surface area contributed by atoms with E-state index in [9.17, 15) is 0 Å². The Bertz CT molecular complexity index is 6.00. The molecule has 0 spiro atoms. The molecule has 0 bridgehead atoms. The third-order valence-electron chi connectivity index (χ3n) is 0. The van der Waals surface area contributed by atoms with Crippen LogP contribution in [0.3, 0.4) is 0 Å². The van der Waals surface area contributed by atoms with E-state index >= 15 is 0 Å². The monoisotopic (exact) mass is 254 g/mol. The zero-order valence-corrected chi connectivity index (χ0v) is 6.54. The molecular formula is C2H6OPb. The molecule has 0 fully saturated rings. The summed E-state index contributed by atoms with van der Waals surface area (Å²) in [6, 6.07) is 0. The predicted molar refractivity (Wildman–Crippen MR) is 18.5 cm³/mol. The minimum Gasteiger partial charge on any atom is -0.397 e. The van der Waals surface area contributed by atoms with Gasteiger partial charge in [-0.2, -0.15) is 0 Å². The summed E-state index contributed by atoms with van der Waals surface area (Å²) < 4.78 is 0. The van der Waals surface area contributed by atoms with E-state index < -0.39 is 0 Å². The molecule has 0 aliphatic heterocycles. The van der Waals surface area contributed by atoms with Crippen molar-refractivity contribution in [1.82, 2.24) is 0 Å². The molecule has 0 aromatic rings. The number of rotatable bonds is 0. The summed E-state index contributed by atoms with van der Waals surface area (Å²) in [5.74, 6) is 0. The van der Waals surface area contributed by atoms with E-state index in [4.69, 9.17) is 5.11 Å². The van der Waals surface area contributed by atoms with Crippen LogP contribution < -0.4 is 0 Å². The average molecular weight is 253 g/mol. The fourth-order valence-electron chi connectivity index (χ4n) is 0. The molecule has 0 saturated heterocycles. The SMILES string of the molecule is CCO.[Pb]. The molecule has 4 radical (unpaired) electrons. The van der Waals surface area contributed by atoms with Crippen LogP contribution in [0.25, 0.3) is 0 Å². The average Bonchev–Trinajstić information content (AvgIpc) is 0.918. The molecule has 4 heavy (non-hydrogen) atoms. The Hall–Kier alpha value is 0.882. The van der Waals surface area contributed by atoms with E-state index in [0.29, 0.717) is 0 Å². The molecule has 0 rings (SSSR count). The second-order valence-corrected chi connectivity index (χ2v) is 0.316. The summed E-state index contributed by atoms with van der Waals surface area (Å²) >= 11 is 0. The number of aliphatic hydroxyl groups excluding tert-OH is 1. The van der Waals surface area contributed by atoms with Gasteiger partial charge in [0.15, 0.2) is 0 Å². The van der Waals surface area contributed by atoms with Gasteiger partial charge in [0.05, 0.1) is 0 Å². The van der Waals surface area contributed by atoms with Gasteiger partial charge in [0.25, 0.3) is 0 Å². The van der Waals surface area contributed by atoms with Gasteiger partial charge in [-0.15, -0.1) is 0 Å². The Morgan fingerprint density at radius 1 is 1.75 bits per heavy atom. The van der Waals surface area contributed by atoms with Crippen molar-refractivity contribution >= 4 is 27.3 Å². The molecule has 1 N–H and O–H groups in total. The quantitative estimate of drug-likeness (QED) is 0.583. The van der Waals surface area contributed by atoms with Crippen LogP contribution in [0, 0.1) is 0 Å². The van der Waals surface area contributed by atoms with Crippen molar-refractivity contribution in [3.8, 4) is 0 Å². The molecule has 1 nitrogen and oxygen atoms in total. The van der Waals surface area contributed by atoms with Crippen LogP contribution in [-0.2, 0) is 0 Å². The van der Waals surface area contributed by atoms with Gasteiger partial charge in [-0.3, -0.25) is 0 Å². The fraction of sp³-hybridized carbons (Fsp3) is 1.00. The first-order chi connectivity index (χ1) is 1.41. The van der Waals surface area contributed by atoms with Gasteiger partial charge >= 0.3 is 0 Å². The van der Waals surface area contributed by atoms with Crippen LogP contribution in [-0.4, -0.2) is 39.0 Å². The van der Waals surface area contributed by atoms with E-state index in [1.807, 2.05) is 0 Å². The molecule has 0 amide bonds. The van der Waals surface area contributed by atoms with Crippen LogP contribution in [0.5, 0.6) is 0 Å². The molecule has 0 heterocycles. The summed E-state index contributed by atoms with van der Waals surface area (Å²) in [7, 11) is 0. The van der Waals surface area contributed by atoms with Crippen LogP contribution in [0.2, 0.25) is 0 Å². The van der Waals surface area contributed by atoms with Gasteiger partial charge in [-0.05, 0) is 6.92 Å². The van der Waals surface area contributed by atoms with Crippen molar-refractivity contribution < 1.29 is 5.11 Å². The Morgan fingerprint density at radius 3 is 1.75 bits per heavy atom. The molecule has 24 valence electrons. The van der Waals surface area contributed by atoms with Crippen molar-refractivity contribution in [2.45, 2.75) is 6.92 Å². The van der Waals surface area contributed by atoms with Crippen molar-refractivity contribution in [2.75, 3.05) is 6.61 Å². The Kier molecular flexibility index (Phi) is 20.2. The van der Waals surface area contributed by atoms with Gasteiger partial charge in [-0.1, -0.05) is 0 Å². The standard InChI is InChI=1S/C2H6O.Pb/c1-2-3;/h3H,2H2,1H3;. The van der Waals surface area contributed by atoms with Crippen molar-refractivity contribution in [1.29, 1.82) is 0 Å². The van der Waals surface area contributed by atoms with Crippen molar-refractivity contribution in [2.24, 2.45) is 0 Å². The molecule has 2 heteroatoms. The molecule has 0 atom stereocenters. The largest absolute Gasteiger partial charge is 0.397 e. The van der Waals surface area contributed by atoms with E-state index in [2.05, 4.69) is 0 Å². The van der Waals surface area contributed by atoms with Crippen LogP contribution in [0.4, 0.5) is 0 Å². The van der Waals surface area contributed by atoms with Gasteiger partial charge in [0, 0.05) is 33.9 Å². The number of hydrogen-bond donors (Lipinski definition) is 1. The third kappa shape index (κ3) is 13.1. The van der Waals surface area contributed by atoms with E-state index in [-0.39, 0.29) is 33.9 Å². The Balaban J connectivity index is 0. The summed E-state index contributed by atoms with van der Waals surface area (Å²) in [5.41, 5.74) is 0. The summed E-state index contributed by atoms with van der Waals surface area (Å²) in [6.07, 6.45) is 0. The smallest absolute Gasteiger partial charge is 0.0402 e. The maximum atomic E-state index is 7.57. The Labute approximate surface area is 46.2 Å². The zero-order valence-electron chi connectivity index (χ0n) is 2.65. The second-order valence-electron chi connectivity index (χ2n) is 0.316. The van der Waals surface area contributed by atoms with Gasteiger partial charge in [0.2, 0.25) is 0 Å². The molecule has 0 saturated carbocycles. The second kappa shape index (κ2) is 9.10. The van der Waals surface area contributed by atoms with Crippen LogP contribution >= 0.6 is 0 Å². The van der Waals surface area contributed by atoms with Crippen molar-refractivity contribution in [3.05, 3.63) is 0 Å². The molecule has 0 aliphatic rings. The number of hydrogen-bond acceptors (Lipinski definition) is 1. The molecule has 0 aliphatic carbocycles. The van der Waals surface area contributed by atoms with Gasteiger partial charge in [0.1, 0.15) is 0 Å². The summed E-state index contributed by atoms with van der Waals surface area (Å²) in [4.78, 5) is 0. The number of aliphatic hydroxyl groups is 1. The molecule has 0 aromatic heterocycles. The van der Waals surface area contributed by atoms with Crippen LogP contribution in [0.1, 0.15) is 6.92 Å². The zero-order chi connectivity index (χ0) is 2.71. The first-order valence-electron chi connectivity index (χ1n) is 1.02. The topological polar surface area (TPSA) is 20.2 Å². The van der Waals surface area contributed by atoms with E-state index in [0.717, 1.165) is 0 Å².